The van der Waals surface area contributed by atoms with Gasteiger partial charge in [-0.05, 0) is 49.8 Å². The van der Waals surface area contributed by atoms with Crippen molar-refractivity contribution in [2.24, 2.45) is 11.7 Å². The highest BCUT2D eigenvalue weighted by Crippen LogP contribution is 2.32. The molecule has 3 nitrogen and oxygen atoms in total. The van der Waals surface area contributed by atoms with Crippen LogP contribution in [0.4, 0.5) is 5.69 Å². The van der Waals surface area contributed by atoms with Crippen LogP contribution >= 0.6 is 0 Å². The van der Waals surface area contributed by atoms with Gasteiger partial charge in [-0.2, -0.15) is 0 Å². The van der Waals surface area contributed by atoms with Crippen LogP contribution in [0.3, 0.4) is 0 Å². The minimum absolute atomic E-state index is 0.419. The van der Waals surface area contributed by atoms with E-state index in [1.54, 1.807) is 7.11 Å². The van der Waals surface area contributed by atoms with Crippen molar-refractivity contribution in [1.82, 2.24) is 0 Å². The summed E-state index contributed by atoms with van der Waals surface area (Å²) >= 11 is 0. The molecule has 0 bridgehead atoms. The lowest BCUT2D eigenvalue weighted by atomic mass is 9.81. The van der Waals surface area contributed by atoms with Crippen molar-refractivity contribution < 1.29 is 4.74 Å². The normalized spacial score (nSPS) is 23.1. The molecule has 17 heavy (non-hydrogen) atoms. The van der Waals surface area contributed by atoms with E-state index in [1.165, 1.54) is 11.1 Å². The minimum atomic E-state index is 0.419. The first-order valence-corrected chi connectivity index (χ1v) is 6.25. The molecule has 94 valence electrons. The Balaban J connectivity index is 2.03. The summed E-state index contributed by atoms with van der Waals surface area (Å²) < 4.78 is 5.45. The van der Waals surface area contributed by atoms with Crippen molar-refractivity contribution in [2.75, 3.05) is 19.0 Å². The van der Waals surface area contributed by atoms with Gasteiger partial charge in [-0.3, -0.25) is 0 Å². The molecule has 0 aliphatic heterocycles. The van der Waals surface area contributed by atoms with Gasteiger partial charge in [0.15, 0.2) is 0 Å². The molecule has 1 aromatic rings. The summed E-state index contributed by atoms with van der Waals surface area (Å²) in [6, 6.07) is 4.70. The first-order chi connectivity index (χ1) is 8.10. The number of ether oxygens (including phenoxy) is 1. The lowest BCUT2D eigenvalue weighted by Gasteiger charge is -2.33. The standard InChI is InChI=1S/C14H22N2O/c1-9-4-10(2)14(17-3)13(5-9)16-8-11-6-12(15)7-11/h4-5,11-12,16H,6-8,15H2,1-3H3. The first-order valence-electron chi connectivity index (χ1n) is 6.25. The van der Waals surface area contributed by atoms with Crippen LogP contribution in [0.1, 0.15) is 24.0 Å². The average molecular weight is 234 g/mol. The average Bonchev–Trinajstić information content (AvgIpc) is 2.22. The lowest BCUT2D eigenvalue weighted by molar-refractivity contribution is 0.280. The smallest absolute Gasteiger partial charge is 0.144 e. The van der Waals surface area contributed by atoms with Crippen LogP contribution < -0.4 is 15.8 Å². The zero-order valence-electron chi connectivity index (χ0n) is 10.9. The van der Waals surface area contributed by atoms with Gasteiger partial charge in [-0.25, -0.2) is 0 Å². The minimum Gasteiger partial charge on any atom is -0.494 e. The molecule has 0 spiro atoms. The monoisotopic (exact) mass is 234 g/mol. The molecule has 3 heteroatoms. The Morgan fingerprint density at radius 1 is 1.35 bits per heavy atom. The maximum atomic E-state index is 5.79. The molecule has 0 heterocycles. The molecule has 0 amide bonds. The first kappa shape index (κ1) is 12.2. The SMILES string of the molecule is COc1c(C)cc(C)cc1NCC1CC(N)C1. The van der Waals surface area contributed by atoms with E-state index in [1.807, 2.05) is 0 Å². The van der Waals surface area contributed by atoms with Crippen molar-refractivity contribution in [3.05, 3.63) is 23.3 Å². The number of hydrogen-bond acceptors (Lipinski definition) is 3. The molecule has 1 aliphatic carbocycles. The third-order valence-electron chi connectivity index (χ3n) is 3.48. The van der Waals surface area contributed by atoms with Crippen LogP contribution in [0.5, 0.6) is 5.75 Å². The molecule has 0 saturated heterocycles. The number of methoxy groups -OCH3 is 1. The van der Waals surface area contributed by atoms with E-state index in [4.69, 9.17) is 10.5 Å². The van der Waals surface area contributed by atoms with E-state index in [2.05, 4.69) is 31.3 Å². The molecule has 0 unspecified atom stereocenters. The highest BCUT2D eigenvalue weighted by molar-refractivity contribution is 5.61. The zero-order valence-corrected chi connectivity index (χ0v) is 10.9. The Morgan fingerprint density at radius 3 is 2.65 bits per heavy atom. The van der Waals surface area contributed by atoms with Gasteiger partial charge in [0.05, 0.1) is 12.8 Å². The molecule has 0 atom stereocenters. The van der Waals surface area contributed by atoms with Gasteiger partial charge in [-0.1, -0.05) is 6.07 Å². The topological polar surface area (TPSA) is 47.3 Å². The van der Waals surface area contributed by atoms with Gasteiger partial charge >= 0.3 is 0 Å². The third kappa shape index (κ3) is 2.72. The number of hydrogen-bond donors (Lipinski definition) is 2. The van der Waals surface area contributed by atoms with Crippen molar-refractivity contribution in [2.45, 2.75) is 32.7 Å². The van der Waals surface area contributed by atoms with Crippen LogP contribution in [0.2, 0.25) is 0 Å². The molecule has 1 aliphatic rings. The second kappa shape index (κ2) is 4.96. The summed E-state index contributed by atoms with van der Waals surface area (Å²) in [5, 5.41) is 3.49. The number of benzene rings is 1. The Hall–Kier alpha value is -1.22. The van der Waals surface area contributed by atoms with Gasteiger partial charge < -0.3 is 15.8 Å². The molecule has 0 radical (unpaired) electrons. The number of aryl methyl sites for hydroxylation is 2. The third-order valence-corrected chi connectivity index (χ3v) is 3.48. The van der Waals surface area contributed by atoms with Crippen LogP contribution in [-0.4, -0.2) is 19.7 Å². The summed E-state index contributed by atoms with van der Waals surface area (Å²) in [6.07, 6.45) is 2.28. The van der Waals surface area contributed by atoms with Gasteiger partial charge in [0.25, 0.3) is 0 Å². The Morgan fingerprint density at radius 2 is 2.06 bits per heavy atom. The van der Waals surface area contributed by atoms with Gasteiger partial charge in [-0.15, -0.1) is 0 Å². The fourth-order valence-electron chi connectivity index (χ4n) is 2.56. The molecule has 3 N–H and O–H groups in total. The number of nitrogens with one attached hydrogen (secondary N) is 1. The van der Waals surface area contributed by atoms with E-state index in [0.717, 1.165) is 36.7 Å². The van der Waals surface area contributed by atoms with E-state index in [0.29, 0.717) is 6.04 Å². The summed E-state index contributed by atoms with van der Waals surface area (Å²) in [6.45, 7) is 5.18. The largest absolute Gasteiger partial charge is 0.494 e. The highest BCUT2D eigenvalue weighted by atomic mass is 16.5. The highest BCUT2D eigenvalue weighted by Gasteiger charge is 2.25. The van der Waals surface area contributed by atoms with Gasteiger partial charge in [0, 0.05) is 12.6 Å². The van der Waals surface area contributed by atoms with Crippen molar-refractivity contribution >= 4 is 5.69 Å². The molecular formula is C14H22N2O. The van der Waals surface area contributed by atoms with E-state index < -0.39 is 0 Å². The Kier molecular flexibility index (Phi) is 3.57. The quantitative estimate of drug-likeness (QED) is 0.841. The molecule has 0 aromatic heterocycles. The zero-order chi connectivity index (χ0) is 12.4. The number of nitrogens with two attached hydrogens (primary N) is 1. The summed E-state index contributed by atoms with van der Waals surface area (Å²) in [4.78, 5) is 0. The number of anilines is 1. The predicted molar refractivity (Wildman–Crippen MR) is 71.7 cm³/mol. The molecule has 2 rings (SSSR count). The predicted octanol–water partition coefficient (Wildman–Crippen LogP) is 2.46. The lowest BCUT2D eigenvalue weighted by Crippen LogP contribution is -2.39. The maximum Gasteiger partial charge on any atom is 0.144 e. The van der Waals surface area contributed by atoms with Crippen molar-refractivity contribution in [3.63, 3.8) is 0 Å². The van der Waals surface area contributed by atoms with Crippen LogP contribution in [-0.2, 0) is 0 Å². The Labute approximate surface area is 103 Å². The molecule has 1 saturated carbocycles. The second-order valence-electron chi connectivity index (χ2n) is 5.14. The van der Waals surface area contributed by atoms with Crippen molar-refractivity contribution in [3.8, 4) is 5.75 Å². The fourth-order valence-corrected chi connectivity index (χ4v) is 2.56. The van der Waals surface area contributed by atoms with Crippen molar-refractivity contribution in [1.29, 1.82) is 0 Å². The van der Waals surface area contributed by atoms with E-state index in [-0.39, 0.29) is 0 Å². The van der Waals surface area contributed by atoms with E-state index >= 15 is 0 Å². The molecule has 1 aromatic carbocycles. The van der Waals surface area contributed by atoms with Crippen LogP contribution in [0, 0.1) is 19.8 Å². The van der Waals surface area contributed by atoms with Crippen LogP contribution in [0.25, 0.3) is 0 Å². The summed E-state index contributed by atoms with van der Waals surface area (Å²) in [7, 11) is 1.72. The molecule has 1 fully saturated rings. The Bertz CT molecular complexity index is 397. The van der Waals surface area contributed by atoms with Crippen LogP contribution in [0.15, 0.2) is 12.1 Å². The van der Waals surface area contributed by atoms with Gasteiger partial charge in [0.2, 0.25) is 0 Å². The summed E-state index contributed by atoms with van der Waals surface area (Å²) in [5.74, 6) is 1.68. The summed E-state index contributed by atoms with van der Waals surface area (Å²) in [5.41, 5.74) is 9.33. The maximum absolute atomic E-state index is 5.79. The fraction of sp³-hybridized carbons (Fsp3) is 0.571. The van der Waals surface area contributed by atoms with Gasteiger partial charge in [0.1, 0.15) is 5.75 Å². The number of rotatable bonds is 4. The molecular weight excluding hydrogens is 212 g/mol. The second-order valence-corrected chi connectivity index (χ2v) is 5.14. The van der Waals surface area contributed by atoms with E-state index in [9.17, 15) is 0 Å².